The number of ether oxygens (including phenoxy) is 2. The first kappa shape index (κ1) is 16.2. The Hall–Kier alpha value is -3.02. The van der Waals surface area contributed by atoms with E-state index < -0.39 is 0 Å². The molecule has 1 aliphatic carbocycles. The van der Waals surface area contributed by atoms with Crippen LogP contribution in [0, 0.1) is 0 Å². The van der Waals surface area contributed by atoms with Crippen molar-refractivity contribution in [3.63, 3.8) is 0 Å². The standard InChI is InChI=1S/C21H20N2O4/c1-25-21(24)23-12-18(26-19-8-4-5-9-22-19)16-11-13(23)10-15-14-6-2-3-7-17(14)27-20(15)16/h2-9,13,16,18H,10-12H2,1H3/t13-,16+,18+/m0/s1. The molecular formula is C21H20N2O4. The molecule has 1 aromatic carbocycles. The van der Waals surface area contributed by atoms with Gasteiger partial charge in [-0.15, -0.1) is 0 Å². The molecule has 3 atom stereocenters. The number of benzene rings is 1. The third-order valence-corrected chi connectivity index (χ3v) is 5.62. The second-order valence-corrected chi connectivity index (χ2v) is 7.09. The number of piperidine rings is 1. The maximum Gasteiger partial charge on any atom is 0.409 e. The van der Waals surface area contributed by atoms with Gasteiger partial charge in [0.2, 0.25) is 5.88 Å². The highest BCUT2D eigenvalue weighted by Gasteiger charge is 2.46. The van der Waals surface area contributed by atoms with Gasteiger partial charge < -0.3 is 18.8 Å². The van der Waals surface area contributed by atoms with Crippen LogP contribution >= 0.6 is 0 Å². The summed E-state index contributed by atoms with van der Waals surface area (Å²) in [6, 6.07) is 13.7. The van der Waals surface area contributed by atoms with Crippen molar-refractivity contribution in [2.75, 3.05) is 13.7 Å². The number of carbonyl (C=O) groups excluding carboxylic acids is 1. The van der Waals surface area contributed by atoms with Crippen molar-refractivity contribution in [1.29, 1.82) is 0 Å². The van der Waals surface area contributed by atoms with E-state index in [2.05, 4.69) is 11.1 Å². The second-order valence-electron chi connectivity index (χ2n) is 7.09. The van der Waals surface area contributed by atoms with Gasteiger partial charge in [-0.25, -0.2) is 9.78 Å². The summed E-state index contributed by atoms with van der Waals surface area (Å²) in [4.78, 5) is 18.5. The van der Waals surface area contributed by atoms with Crippen LogP contribution < -0.4 is 4.74 Å². The Morgan fingerprint density at radius 1 is 1.22 bits per heavy atom. The normalized spacial score (nSPS) is 23.7. The Bertz CT molecular complexity index is 984. The SMILES string of the molecule is COC(=O)N1C[C@@H](Oc2ccccn2)[C@H]2C[C@@H]1Cc1c2oc2ccccc12. The predicted molar refractivity (Wildman–Crippen MR) is 98.8 cm³/mol. The molecule has 0 spiro atoms. The van der Waals surface area contributed by atoms with Crippen LogP contribution in [-0.4, -0.2) is 41.8 Å². The van der Waals surface area contributed by atoms with Crippen LogP contribution in [0.5, 0.6) is 5.88 Å². The average molecular weight is 364 g/mol. The molecule has 0 unspecified atom stereocenters. The van der Waals surface area contributed by atoms with Crippen molar-refractivity contribution in [2.45, 2.75) is 30.9 Å². The molecule has 0 N–H and O–H groups in total. The topological polar surface area (TPSA) is 64.8 Å². The molecule has 1 amide bonds. The number of rotatable bonds is 2. The fourth-order valence-corrected chi connectivity index (χ4v) is 4.41. The molecule has 3 heterocycles. The van der Waals surface area contributed by atoms with Crippen LogP contribution in [0.2, 0.25) is 0 Å². The number of hydrogen-bond donors (Lipinski definition) is 0. The van der Waals surface area contributed by atoms with Gasteiger partial charge in [-0.3, -0.25) is 0 Å². The summed E-state index contributed by atoms with van der Waals surface area (Å²) < 4.78 is 17.5. The molecule has 0 saturated carbocycles. The van der Waals surface area contributed by atoms with Gasteiger partial charge in [0.15, 0.2) is 0 Å². The monoisotopic (exact) mass is 364 g/mol. The number of furan rings is 1. The average Bonchev–Trinajstić information content (AvgIpc) is 3.09. The Morgan fingerprint density at radius 2 is 2.07 bits per heavy atom. The predicted octanol–water partition coefficient (Wildman–Crippen LogP) is 3.76. The lowest BCUT2D eigenvalue weighted by atomic mass is 9.77. The van der Waals surface area contributed by atoms with Crippen LogP contribution in [0.1, 0.15) is 23.7 Å². The van der Waals surface area contributed by atoms with E-state index in [1.54, 1.807) is 11.1 Å². The quantitative estimate of drug-likeness (QED) is 0.693. The number of carbonyl (C=O) groups is 1. The zero-order valence-electron chi connectivity index (χ0n) is 15.0. The minimum atomic E-state index is -0.315. The van der Waals surface area contributed by atoms with Crippen molar-refractivity contribution in [3.8, 4) is 5.88 Å². The summed E-state index contributed by atoms with van der Waals surface area (Å²) in [5.41, 5.74) is 2.06. The Kier molecular flexibility index (Phi) is 3.77. The molecule has 5 rings (SSSR count). The van der Waals surface area contributed by atoms with E-state index in [1.807, 2.05) is 36.4 Å². The molecule has 0 radical (unpaired) electrons. The zero-order chi connectivity index (χ0) is 18.4. The summed E-state index contributed by atoms with van der Waals surface area (Å²) in [5, 5.41) is 1.12. The molecule has 2 aliphatic rings. The first-order valence-corrected chi connectivity index (χ1v) is 9.17. The van der Waals surface area contributed by atoms with Gasteiger partial charge in [-0.2, -0.15) is 0 Å². The number of aromatic nitrogens is 1. The number of pyridine rings is 1. The van der Waals surface area contributed by atoms with E-state index in [0.29, 0.717) is 12.4 Å². The lowest BCUT2D eigenvalue weighted by molar-refractivity contribution is 0.0154. The third-order valence-electron chi connectivity index (χ3n) is 5.62. The molecule has 138 valence electrons. The van der Waals surface area contributed by atoms with E-state index in [9.17, 15) is 4.79 Å². The molecule has 1 fully saturated rings. The summed E-state index contributed by atoms with van der Waals surface area (Å²) in [6.07, 6.45) is 2.71. The maximum atomic E-state index is 12.4. The minimum Gasteiger partial charge on any atom is -0.472 e. The van der Waals surface area contributed by atoms with Gasteiger partial charge in [0.1, 0.15) is 17.4 Å². The summed E-state index contributed by atoms with van der Waals surface area (Å²) >= 11 is 0. The Balaban J connectivity index is 1.58. The molecule has 27 heavy (non-hydrogen) atoms. The van der Waals surface area contributed by atoms with Gasteiger partial charge in [-0.05, 0) is 25.0 Å². The van der Waals surface area contributed by atoms with E-state index in [-0.39, 0.29) is 24.2 Å². The summed E-state index contributed by atoms with van der Waals surface area (Å²) in [5.74, 6) is 1.61. The first-order chi connectivity index (χ1) is 13.2. The smallest absolute Gasteiger partial charge is 0.409 e. The van der Waals surface area contributed by atoms with E-state index in [0.717, 1.165) is 29.6 Å². The summed E-state index contributed by atoms with van der Waals surface area (Å²) in [7, 11) is 1.42. The molecule has 2 aromatic heterocycles. The van der Waals surface area contributed by atoms with Crippen molar-refractivity contribution in [3.05, 3.63) is 60.0 Å². The van der Waals surface area contributed by atoms with E-state index >= 15 is 0 Å². The molecule has 6 nitrogen and oxygen atoms in total. The largest absolute Gasteiger partial charge is 0.472 e. The van der Waals surface area contributed by atoms with Crippen molar-refractivity contribution >= 4 is 17.1 Å². The highest BCUT2D eigenvalue weighted by molar-refractivity contribution is 5.83. The number of amides is 1. The van der Waals surface area contributed by atoms with Crippen LogP contribution in [0.25, 0.3) is 11.0 Å². The third kappa shape index (κ3) is 2.63. The Labute approximate surface area is 156 Å². The molecule has 6 heteroatoms. The fraction of sp³-hybridized carbons (Fsp3) is 0.333. The highest BCUT2D eigenvalue weighted by atomic mass is 16.5. The number of nitrogens with zero attached hydrogens (tertiary/aromatic N) is 2. The summed E-state index contributed by atoms with van der Waals surface area (Å²) in [6.45, 7) is 0.453. The van der Waals surface area contributed by atoms with Crippen molar-refractivity contribution in [2.24, 2.45) is 0 Å². The maximum absolute atomic E-state index is 12.4. The minimum absolute atomic E-state index is 0.0778. The number of likely N-dealkylation sites (tertiary alicyclic amines) is 1. The Morgan fingerprint density at radius 3 is 2.89 bits per heavy atom. The lowest BCUT2D eigenvalue weighted by Gasteiger charge is -2.45. The van der Waals surface area contributed by atoms with Crippen molar-refractivity contribution in [1.82, 2.24) is 9.88 Å². The van der Waals surface area contributed by atoms with Crippen LogP contribution in [0.3, 0.4) is 0 Å². The van der Waals surface area contributed by atoms with E-state index in [4.69, 9.17) is 13.9 Å². The van der Waals surface area contributed by atoms with Gasteiger partial charge in [0.25, 0.3) is 0 Å². The lowest BCUT2D eigenvalue weighted by Crippen LogP contribution is -2.55. The van der Waals surface area contributed by atoms with Gasteiger partial charge >= 0.3 is 6.09 Å². The van der Waals surface area contributed by atoms with Crippen molar-refractivity contribution < 1.29 is 18.7 Å². The van der Waals surface area contributed by atoms with Gasteiger partial charge in [0.05, 0.1) is 19.6 Å². The first-order valence-electron chi connectivity index (χ1n) is 9.17. The van der Waals surface area contributed by atoms with Gasteiger partial charge in [-0.1, -0.05) is 24.3 Å². The number of hydrogen-bond acceptors (Lipinski definition) is 5. The number of fused-ring (bicyclic) bond motifs is 6. The molecule has 1 saturated heterocycles. The van der Waals surface area contributed by atoms with Crippen LogP contribution in [0.4, 0.5) is 4.79 Å². The van der Waals surface area contributed by atoms with E-state index in [1.165, 1.54) is 12.7 Å². The molecule has 2 bridgehead atoms. The van der Waals surface area contributed by atoms with Gasteiger partial charge in [0, 0.05) is 29.3 Å². The zero-order valence-corrected chi connectivity index (χ0v) is 15.0. The molecule has 1 aliphatic heterocycles. The molecular weight excluding hydrogens is 344 g/mol. The van der Waals surface area contributed by atoms with Crippen LogP contribution in [-0.2, 0) is 11.2 Å². The fourth-order valence-electron chi connectivity index (χ4n) is 4.41. The van der Waals surface area contributed by atoms with Crippen LogP contribution in [0.15, 0.2) is 53.1 Å². The number of methoxy groups -OCH3 is 1. The highest BCUT2D eigenvalue weighted by Crippen LogP contribution is 2.45. The number of para-hydroxylation sites is 1. The molecule has 3 aromatic rings. The second kappa shape index (κ2) is 6.30.